The van der Waals surface area contributed by atoms with E-state index in [2.05, 4.69) is 10.3 Å². The maximum atomic E-state index is 12.4. The van der Waals surface area contributed by atoms with Crippen LogP contribution < -0.4 is 10.2 Å². The standard InChI is InChI=1S/C11H19N3O3S2/c1-8-10(18-11(15)13-8)19(16,17)14(2)7-9-4-3-5-12-6-9/h9,12H,3-7H2,1-2H3,(H,13,15). The quantitative estimate of drug-likeness (QED) is 0.842. The average Bonchev–Trinajstić information content (AvgIpc) is 2.70. The number of nitrogens with zero attached hydrogens (tertiary/aromatic N) is 1. The van der Waals surface area contributed by atoms with Crippen molar-refractivity contribution in [3.05, 3.63) is 15.4 Å². The summed E-state index contributed by atoms with van der Waals surface area (Å²) in [5.74, 6) is 0.337. The van der Waals surface area contributed by atoms with Crippen LogP contribution in [0.2, 0.25) is 0 Å². The lowest BCUT2D eigenvalue weighted by molar-refractivity contribution is 0.315. The lowest BCUT2D eigenvalue weighted by Gasteiger charge is -2.26. The van der Waals surface area contributed by atoms with Gasteiger partial charge in [0, 0.05) is 19.3 Å². The Morgan fingerprint density at radius 2 is 2.21 bits per heavy atom. The molecule has 1 atom stereocenters. The van der Waals surface area contributed by atoms with E-state index in [1.807, 2.05) is 0 Å². The predicted octanol–water partition coefficient (Wildman–Crippen LogP) is 0.365. The maximum Gasteiger partial charge on any atom is 0.305 e. The molecular formula is C11H19N3O3S2. The van der Waals surface area contributed by atoms with Crippen molar-refractivity contribution in [1.82, 2.24) is 14.6 Å². The highest BCUT2D eigenvalue weighted by molar-refractivity contribution is 7.91. The van der Waals surface area contributed by atoms with E-state index in [-0.39, 0.29) is 9.08 Å². The number of aryl methyl sites for hydroxylation is 1. The largest absolute Gasteiger partial charge is 0.316 e. The predicted molar refractivity (Wildman–Crippen MR) is 75.1 cm³/mol. The minimum atomic E-state index is -3.56. The molecule has 0 aromatic carbocycles. The summed E-state index contributed by atoms with van der Waals surface area (Å²) in [7, 11) is -1.98. The van der Waals surface area contributed by atoms with Gasteiger partial charge >= 0.3 is 4.87 Å². The smallest absolute Gasteiger partial charge is 0.305 e. The van der Waals surface area contributed by atoms with Crippen molar-refractivity contribution >= 4 is 21.4 Å². The Bertz CT molecular complexity index is 585. The van der Waals surface area contributed by atoms with Gasteiger partial charge in [0.25, 0.3) is 10.0 Å². The lowest BCUT2D eigenvalue weighted by Crippen LogP contribution is -2.39. The van der Waals surface area contributed by atoms with E-state index in [1.54, 1.807) is 14.0 Å². The molecule has 0 amide bonds. The third kappa shape index (κ3) is 3.25. The molecule has 108 valence electrons. The fourth-order valence-corrected chi connectivity index (χ4v) is 5.05. The van der Waals surface area contributed by atoms with Gasteiger partial charge in [-0.25, -0.2) is 8.42 Å². The molecule has 0 saturated carbocycles. The van der Waals surface area contributed by atoms with Crippen LogP contribution in [0, 0.1) is 12.8 Å². The van der Waals surface area contributed by atoms with Crippen LogP contribution >= 0.6 is 11.3 Å². The van der Waals surface area contributed by atoms with E-state index in [4.69, 9.17) is 0 Å². The third-order valence-corrected chi connectivity index (χ3v) is 6.75. The molecule has 19 heavy (non-hydrogen) atoms. The number of piperidine rings is 1. The average molecular weight is 305 g/mol. The van der Waals surface area contributed by atoms with Gasteiger partial charge in [0.05, 0.1) is 0 Å². The zero-order valence-electron chi connectivity index (χ0n) is 11.1. The molecule has 1 saturated heterocycles. The molecule has 2 rings (SSSR count). The van der Waals surface area contributed by atoms with Crippen LogP contribution in [0.3, 0.4) is 0 Å². The summed E-state index contributed by atoms with van der Waals surface area (Å²) in [5.41, 5.74) is 0.420. The van der Waals surface area contributed by atoms with Crippen LogP contribution in [0.5, 0.6) is 0 Å². The molecule has 0 radical (unpaired) electrons. The molecule has 1 aromatic heterocycles. The van der Waals surface area contributed by atoms with E-state index in [1.165, 1.54) is 4.31 Å². The fourth-order valence-electron chi connectivity index (χ4n) is 2.32. The summed E-state index contributed by atoms with van der Waals surface area (Å²) in [6, 6.07) is 0. The highest BCUT2D eigenvalue weighted by Gasteiger charge is 2.28. The van der Waals surface area contributed by atoms with Crippen LogP contribution in [-0.4, -0.2) is 44.4 Å². The monoisotopic (exact) mass is 305 g/mol. The molecule has 0 bridgehead atoms. The Labute approximate surface area is 116 Å². The van der Waals surface area contributed by atoms with Gasteiger partial charge in [-0.3, -0.25) is 4.79 Å². The molecule has 1 aliphatic heterocycles. The topological polar surface area (TPSA) is 82.3 Å². The minimum absolute atomic E-state index is 0.128. The van der Waals surface area contributed by atoms with Crippen molar-refractivity contribution in [3.63, 3.8) is 0 Å². The number of aromatic amines is 1. The summed E-state index contributed by atoms with van der Waals surface area (Å²) in [5, 5.41) is 3.27. The maximum absolute atomic E-state index is 12.4. The normalized spacial score (nSPS) is 20.9. The molecule has 1 aromatic rings. The number of hydrogen-bond acceptors (Lipinski definition) is 5. The number of H-pyrrole nitrogens is 1. The second-order valence-electron chi connectivity index (χ2n) is 4.92. The molecular weight excluding hydrogens is 286 g/mol. The van der Waals surface area contributed by atoms with Gasteiger partial charge < -0.3 is 10.3 Å². The molecule has 2 heterocycles. The van der Waals surface area contributed by atoms with E-state index in [9.17, 15) is 13.2 Å². The molecule has 8 heteroatoms. The van der Waals surface area contributed by atoms with Gasteiger partial charge in [0.2, 0.25) is 0 Å². The van der Waals surface area contributed by atoms with Crippen LogP contribution in [0.1, 0.15) is 18.5 Å². The van der Waals surface area contributed by atoms with Crippen LogP contribution in [0.4, 0.5) is 0 Å². The van der Waals surface area contributed by atoms with E-state index in [0.29, 0.717) is 18.2 Å². The van der Waals surface area contributed by atoms with Gasteiger partial charge in [-0.15, -0.1) is 0 Å². The summed E-state index contributed by atoms with van der Waals surface area (Å²) in [6.07, 6.45) is 2.12. The minimum Gasteiger partial charge on any atom is -0.316 e. The van der Waals surface area contributed by atoms with Gasteiger partial charge in [-0.2, -0.15) is 4.31 Å². The zero-order chi connectivity index (χ0) is 14.0. The molecule has 6 nitrogen and oxygen atoms in total. The first-order valence-corrected chi connectivity index (χ1v) is 8.53. The van der Waals surface area contributed by atoms with E-state index in [0.717, 1.165) is 37.3 Å². The van der Waals surface area contributed by atoms with Crippen molar-refractivity contribution in [2.24, 2.45) is 5.92 Å². The molecule has 2 N–H and O–H groups in total. The number of thiazole rings is 1. The Morgan fingerprint density at radius 1 is 1.47 bits per heavy atom. The van der Waals surface area contributed by atoms with Gasteiger partial charge in [-0.1, -0.05) is 11.3 Å². The number of rotatable bonds is 4. The van der Waals surface area contributed by atoms with Crippen LogP contribution in [-0.2, 0) is 10.0 Å². The molecule has 0 spiro atoms. The van der Waals surface area contributed by atoms with E-state index < -0.39 is 10.0 Å². The Hall–Kier alpha value is -0.700. The second kappa shape index (κ2) is 5.74. The SMILES string of the molecule is Cc1[nH]c(=O)sc1S(=O)(=O)N(C)CC1CCCNC1. The number of nitrogens with one attached hydrogen (secondary N) is 2. The first-order chi connectivity index (χ1) is 8.91. The highest BCUT2D eigenvalue weighted by Crippen LogP contribution is 2.22. The molecule has 0 aliphatic carbocycles. The third-order valence-electron chi connectivity index (χ3n) is 3.34. The zero-order valence-corrected chi connectivity index (χ0v) is 12.7. The van der Waals surface area contributed by atoms with Crippen LogP contribution in [0.25, 0.3) is 0 Å². The molecule has 1 fully saturated rings. The Morgan fingerprint density at radius 3 is 2.74 bits per heavy atom. The van der Waals surface area contributed by atoms with Crippen molar-refractivity contribution in [2.75, 3.05) is 26.7 Å². The second-order valence-corrected chi connectivity index (χ2v) is 8.15. The summed E-state index contributed by atoms with van der Waals surface area (Å²) < 4.78 is 26.3. The van der Waals surface area contributed by atoms with Crippen molar-refractivity contribution < 1.29 is 8.42 Å². The van der Waals surface area contributed by atoms with Gasteiger partial charge in [0.1, 0.15) is 0 Å². The summed E-state index contributed by atoms with van der Waals surface area (Å²) in [6.45, 7) is 3.95. The first kappa shape index (κ1) is 14.7. The number of aromatic nitrogens is 1. The highest BCUT2D eigenvalue weighted by atomic mass is 32.2. The Kier molecular flexibility index (Phi) is 4.44. The molecule has 1 unspecified atom stereocenters. The summed E-state index contributed by atoms with van der Waals surface area (Å²) >= 11 is 0.755. The van der Waals surface area contributed by atoms with Gasteiger partial charge in [-0.05, 0) is 38.8 Å². The first-order valence-electron chi connectivity index (χ1n) is 6.28. The molecule has 1 aliphatic rings. The lowest BCUT2D eigenvalue weighted by atomic mass is 10.00. The summed E-state index contributed by atoms with van der Waals surface area (Å²) in [4.78, 5) is 13.4. The fraction of sp³-hybridized carbons (Fsp3) is 0.727. The van der Waals surface area contributed by atoms with Crippen molar-refractivity contribution in [2.45, 2.75) is 24.0 Å². The van der Waals surface area contributed by atoms with E-state index >= 15 is 0 Å². The number of hydrogen-bond donors (Lipinski definition) is 2. The number of sulfonamides is 1. The van der Waals surface area contributed by atoms with Crippen LogP contribution in [0.15, 0.2) is 9.00 Å². The van der Waals surface area contributed by atoms with Crippen molar-refractivity contribution in [3.8, 4) is 0 Å². The van der Waals surface area contributed by atoms with Crippen molar-refractivity contribution in [1.29, 1.82) is 0 Å². The van der Waals surface area contributed by atoms with Gasteiger partial charge in [0.15, 0.2) is 4.21 Å². The Balaban J connectivity index is 2.14.